The maximum absolute atomic E-state index is 11.6. The Labute approximate surface area is 113 Å². The van der Waals surface area contributed by atoms with E-state index in [9.17, 15) is 4.79 Å². The second-order valence-electron chi connectivity index (χ2n) is 3.65. The van der Waals surface area contributed by atoms with Gasteiger partial charge in [-0.25, -0.2) is 9.78 Å². The minimum Gasteiger partial charge on any atom is -0.461 e. The Morgan fingerprint density at radius 2 is 2.06 bits per heavy atom. The van der Waals surface area contributed by atoms with E-state index in [1.165, 1.54) is 0 Å². The lowest BCUT2D eigenvalue weighted by atomic mass is 10.2. The van der Waals surface area contributed by atoms with Gasteiger partial charge in [0.2, 0.25) is 5.89 Å². The first-order valence-corrected chi connectivity index (χ1v) is 6.31. The fourth-order valence-corrected chi connectivity index (χ4v) is 1.77. The van der Waals surface area contributed by atoms with E-state index >= 15 is 0 Å². The molecule has 1 aromatic heterocycles. The van der Waals surface area contributed by atoms with Gasteiger partial charge in [-0.3, -0.25) is 0 Å². The average molecular weight is 310 g/mol. The normalized spacial score (nSPS) is 10.4. The van der Waals surface area contributed by atoms with Crippen LogP contribution in [0.25, 0.3) is 11.5 Å². The van der Waals surface area contributed by atoms with Crippen molar-refractivity contribution in [2.75, 3.05) is 6.61 Å². The van der Waals surface area contributed by atoms with Crippen LogP contribution < -0.4 is 0 Å². The molecule has 94 valence electrons. The molecular weight excluding hydrogens is 298 g/mol. The monoisotopic (exact) mass is 309 g/mol. The Bertz CT molecular complexity index is 560. The van der Waals surface area contributed by atoms with Crippen molar-refractivity contribution in [3.63, 3.8) is 0 Å². The van der Waals surface area contributed by atoms with Crippen LogP contribution in [0.5, 0.6) is 0 Å². The van der Waals surface area contributed by atoms with E-state index in [-0.39, 0.29) is 5.69 Å². The molecule has 18 heavy (non-hydrogen) atoms. The fourth-order valence-electron chi connectivity index (χ4n) is 1.50. The number of hydrogen-bond donors (Lipinski definition) is 0. The van der Waals surface area contributed by atoms with Crippen LogP contribution >= 0.6 is 15.9 Å². The molecule has 0 saturated carbocycles. The average Bonchev–Trinajstić information content (AvgIpc) is 2.72. The number of aromatic nitrogens is 1. The lowest BCUT2D eigenvalue weighted by Crippen LogP contribution is -2.06. The van der Waals surface area contributed by atoms with E-state index in [0.717, 1.165) is 10.0 Å². The Kier molecular flexibility index (Phi) is 3.81. The van der Waals surface area contributed by atoms with E-state index in [0.29, 0.717) is 18.3 Å². The van der Waals surface area contributed by atoms with E-state index < -0.39 is 5.97 Å². The minimum absolute atomic E-state index is 0.231. The molecule has 0 amide bonds. The number of ether oxygens (including phenoxy) is 1. The summed E-state index contributed by atoms with van der Waals surface area (Å²) in [6.45, 7) is 3.77. The van der Waals surface area contributed by atoms with Gasteiger partial charge in [0, 0.05) is 10.0 Å². The molecule has 0 atom stereocenters. The molecule has 2 rings (SSSR count). The van der Waals surface area contributed by atoms with Crippen LogP contribution in [0.2, 0.25) is 0 Å². The van der Waals surface area contributed by atoms with Gasteiger partial charge in [0.1, 0.15) is 5.76 Å². The summed E-state index contributed by atoms with van der Waals surface area (Å²) in [5.74, 6) is 0.427. The Morgan fingerprint density at radius 3 is 2.67 bits per heavy atom. The maximum Gasteiger partial charge on any atom is 0.360 e. The van der Waals surface area contributed by atoms with Gasteiger partial charge >= 0.3 is 5.97 Å². The first-order valence-electron chi connectivity index (χ1n) is 5.52. The number of nitrogens with zero attached hydrogens (tertiary/aromatic N) is 1. The van der Waals surface area contributed by atoms with E-state index in [1.807, 2.05) is 24.3 Å². The summed E-state index contributed by atoms with van der Waals surface area (Å²) in [6, 6.07) is 7.51. The largest absolute Gasteiger partial charge is 0.461 e. The van der Waals surface area contributed by atoms with Crippen molar-refractivity contribution < 1.29 is 13.9 Å². The van der Waals surface area contributed by atoms with Crippen LogP contribution in [-0.4, -0.2) is 17.6 Å². The first-order chi connectivity index (χ1) is 8.61. The molecule has 0 aliphatic heterocycles. The number of carbonyl (C=O) groups excluding carboxylic acids is 1. The summed E-state index contributed by atoms with van der Waals surface area (Å²) in [4.78, 5) is 15.8. The summed E-state index contributed by atoms with van der Waals surface area (Å²) in [7, 11) is 0. The number of halogens is 1. The van der Waals surface area contributed by atoms with Crippen molar-refractivity contribution in [2.45, 2.75) is 13.8 Å². The summed E-state index contributed by atoms with van der Waals surface area (Å²) in [5, 5.41) is 0. The number of esters is 1. The quantitative estimate of drug-likeness (QED) is 0.813. The van der Waals surface area contributed by atoms with Crippen LogP contribution in [0.4, 0.5) is 0 Å². The predicted octanol–water partition coefficient (Wildman–Crippen LogP) is 3.59. The second kappa shape index (κ2) is 5.35. The van der Waals surface area contributed by atoms with E-state index in [4.69, 9.17) is 9.15 Å². The molecule has 0 fully saturated rings. The zero-order valence-corrected chi connectivity index (χ0v) is 11.7. The number of hydrogen-bond acceptors (Lipinski definition) is 4. The predicted molar refractivity (Wildman–Crippen MR) is 70.3 cm³/mol. The molecule has 2 aromatic rings. The zero-order chi connectivity index (χ0) is 13.1. The Hall–Kier alpha value is -1.62. The van der Waals surface area contributed by atoms with E-state index in [2.05, 4.69) is 20.9 Å². The highest BCUT2D eigenvalue weighted by atomic mass is 79.9. The maximum atomic E-state index is 11.6. The summed E-state index contributed by atoms with van der Waals surface area (Å²) in [5.41, 5.74) is 1.05. The highest BCUT2D eigenvalue weighted by molar-refractivity contribution is 9.10. The van der Waals surface area contributed by atoms with E-state index in [1.54, 1.807) is 13.8 Å². The molecule has 0 radical (unpaired) electrons. The molecule has 0 aliphatic carbocycles. The van der Waals surface area contributed by atoms with Gasteiger partial charge in [0.15, 0.2) is 5.69 Å². The van der Waals surface area contributed by atoms with Gasteiger partial charge in [-0.2, -0.15) is 0 Å². The minimum atomic E-state index is -0.456. The SMILES string of the molecule is CCOC(=O)c1nc(-c2ccc(Br)cc2)oc1C. The van der Waals surface area contributed by atoms with Crippen molar-refractivity contribution in [3.05, 3.63) is 40.2 Å². The number of oxazole rings is 1. The summed E-state index contributed by atoms with van der Waals surface area (Å²) >= 11 is 3.36. The highest BCUT2D eigenvalue weighted by Crippen LogP contribution is 2.23. The van der Waals surface area contributed by atoms with Gasteiger partial charge in [0.05, 0.1) is 6.61 Å². The zero-order valence-electron chi connectivity index (χ0n) is 10.1. The van der Waals surface area contributed by atoms with Gasteiger partial charge in [0.25, 0.3) is 0 Å². The van der Waals surface area contributed by atoms with Crippen molar-refractivity contribution in [1.82, 2.24) is 4.98 Å². The molecule has 0 saturated heterocycles. The standard InChI is InChI=1S/C13H12BrNO3/c1-3-17-13(16)11-8(2)18-12(15-11)9-4-6-10(14)7-5-9/h4-7H,3H2,1-2H3. The van der Waals surface area contributed by atoms with Gasteiger partial charge in [-0.1, -0.05) is 15.9 Å². The molecule has 0 unspecified atom stereocenters. The number of aryl methyl sites for hydroxylation is 1. The van der Waals surface area contributed by atoms with Crippen LogP contribution in [0.3, 0.4) is 0 Å². The molecule has 5 heteroatoms. The highest BCUT2D eigenvalue weighted by Gasteiger charge is 2.18. The Morgan fingerprint density at radius 1 is 1.39 bits per heavy atom. The molecule has 0 aliphatic rings. The van der Waals surface area contributed by atoms with Gasteiger partial charge in [-0.15, -0.1) is 0 Å². The van der Waals surface area contributed by atoms with Gasteiger partial charge in [-0.05, 0) is 38.1 Å². The third kappa shape index (κ3) is 2.61. The Balaban J connectivity index is 2.34. The molecule has 0 bridgehead atoms. The number of carbonyl (C=O) groups is 1. The van der Waals surface area contributed by atoms with Crippen molar-refractivity contribution in [3.8, 4) is 11.5 Å². The lowest BCUT2D eigenvalue weighted by molar-refractivity contribution is 0.0518. The fraction of sp³-hybridized carbons (Fsp3) is 0.231. The number of rotatable bonds is 3. The molecular formula is C13H12BrNO3. The topological polar surface area (TPSA) is 52.3 Å². The third-order valence-electron chi connectivity index (χ3n) is 2.36. The van der Waals surface area contributed by atoms with Crippen molar-refractivity contribution in [1.29, 1.82) is 0 Å². The van der Waals surface area contributed by atoms with Crippen molar-refractivity contribution in [2.24, 2.45) is 0 Å². The molecule has 1 aromatic carbocycles. The van der Waals surface area contributed by atoms with Crippen LogP contribution in [0, 0.1) is 6.92 Å². The van der Waals surface area contributed by atoms with Crippen LogP contribution in [-0.2, 0) is 4.74 Å². The van der Waals surface area contributed by atoms with Crippen LogP contribution in [0.15, 0.2) is 33.2 Å². The molecule has 0 spiro atoms. The smallest absolute Gasteiger partial charge is 0.360 e. The molecule has 1 heterocycles. The van der Waals surface area contributed by atoms with Crippen LogP contribution in [0.1, 0.15) is 23.2 Å². The third-order valence-corrected chi connectivity index (χ3v) is 2.89. The lowest BCUT2D eigenvalue weighted by Gasteiger charge is -1.96. The number of benzene rings is 1. The van der Waals surface area contributed by atoms with Gasteiger partial charge < -0.3 is 9.15 Å². The summed E-state index contributed by atoms with van der Waals surface area (Å²) in [6.07, 6.45) is 0. The first kappa shape index (κ1) is 12.8. The summed E-state index contributed by atoms with van der Waals surface area (Å²) < 4.78 is 11.4. The second-order valence-corrected chi connectivity index (χ2v) is 4.57. The van der Waals surface area contributed by atoms with Crippen molar-refractivity contribution >= 4 is 21.9 Å². The molecule has 0 N–H and O–H groups in total. The molecule has 4 nitrogen and oxygen atoms in total.